The molecule has 1 heterocycles. The van der Waals surface area contributed by atoms with E-state index < -0.39 is 23.6 Å². The summed E-state index contributed by atoms with van der Waals surface area (Å²) in [5.74, 6) is -4.94. The fourth-order valence-electron chi connectivity index (χ4n) is 1.98. The van der Waals surface area contributed by atoms with Gasteiger partial charge in [-0.1, -0.05) is 18.2 Å². The maximum atomic E-state index is 12.0. The van der Waals surface area contributed by atoms with E-state index in [-0.39, 0.29) is 12.1 Å². The number of anilines is 1. The summed E-state index contributed by atoms with van der Waals surface area (Å²) in [7, 11) is 0. The number of hydrogen-bond donors (Lipinski definition) is 0. The van der Waals surface area contributed by atoms with Gasteiger partial charge in [-0.2, -0.15) is 0 Å². The van der Waals surface area contributed by atoms with E-state index in [4.69, 9.17) is 0 Å². The Labute approximate surface area is 103 Å². The Bertz CT molecular complexity index is 550. The number of amides is 1. The molecule has 0 aromatic heterocycles. The second kappa shape index (κ2) is 4.44. The number of nitrogens with zero attached hydrogens (tertiary/aromatic N) is 1. The maximum Gasteiger partial charge on any atom is 0.244 e. The molecule has 1 amide bonds. The van der Waals surface area contributed by atoms with Crippen molar-refractivity contribution in [3.63, 3.8) is 0 Å². The fourth-order valence-corrected chi connectivity index (χ4v) is 1.98. The normalized spacial score (nSPS) is 18.4. The van der Waals surface area contributed by atoms with Gasteiger partial charge < -0.3 is 14.8 Å². The van der Waals surface area contributed by atoms with Crippen LogP contribution in [0.1, 0.15) is 10.4 Å². The molecule has 5 nitrogen and oxygen atoms in total. The van der Waals surface area contributed by atoms with Crippen LogP contribution >= 0.6 is 0 Å². The predicted molar refractivity (Wildman–Crippen MR) is 61.8 cm³/mol. The van der Waals surface area contributed by atoms with Gasteiger partial charge in [0.05, 0.1) is 11.7 Å². The number of para-hydroxylation sites is 1. The summed E-state index contributed by atoms with van der Waals surface area (Å²) < 4.78 is 0. The lowest BCUT2D eigenvalue weighted by atomic mass is 9.90. The first-order chi connectivity index (χ1) is 8.57. The first-order valence-electron chi connectivity index (χ1n) is 5.34. The van der Waals surface area contributed by atoms with E-state index in [9.17, 15) is 19.5 Å². The van der Waals surface area contributed by atoms with Crippen LogP contribution in [-0.2, 0) is 9.59 Å². The smallest absolute Gasteiger partial charge is 0.244 e. The van der Waals surface area contributed by atoms with Crippen LogP contribution in [-0.4, -0.2) is 24.2 Å². The number of fused-ring (bicyclic) bond motifs is 1. The molecule has 18 heavy (non-hydrogen) atoms. The highest BCUT2D eigenvalue weighted by atomic mass is 16.4. The van der Waals surface area contributed by atoms with Crippen molar-refractivity contribution in [3.05, 3.63) is 42.5 Å². The van der Waals surface area contributed by atoms with Crippen LogP contribution in [0.4, 0.5) is 5.69 Å². The number of aliphatic carboxylic acids is 1. The number of ketones is 1. The van der Waals surface area contributed by atoms with Gasteiger partial charge >= 0.3 is 0 Å². The molecule has 92 valence electrons. The first-order valence-corrected chi connectivity index (χ1v) is 5.34. The van der Waals surface area contributed by atoms with Gasteiger partial charge in [0.2, 0.25) is 5.91 Å². The summed E-state index contributed by atoms with van der Waals surface area (Å²) in [6.07, 6.45) is 1.47. The Balaban J connectivity index is 2.59. The van der Waals surface area contributed by atoms with Gasteiger partial charge in [0.15, 0.2) is 5.78 Å². The number of carboxylic acid groups (broad SMARTS) is 1. The third kappa shape index (κ3) is 1.69. The van der Waals surface area contributed by atoms with Gasteiger partial charge in [-0.15, -0.1) is 6.58 Å². The molecule has 0 spiro atoms. The summed E-state index contributed by atoms with van der Waals surface area (Å²) in [5.41, 5.74) is 0.623. The molecule has 0 unspecified atom stereocenters. The average Bonchev–Trinajstić information content (AvgIpc) is 2.34. The Hall–Kier alpha value is -2.43. The molecule has 1 aromatic rings. The number of carboxylic acids is 1. The number of carbonyl (C=O) groups excluding carboxylic acids is 3. The van der Waals surface area contributed by atoms with E-state index in [1.54, 1.807) is 18.2 Å². The first kappa shape index (κ1) is 12.0. The van der Waals surface area contributed by atoms with E-state index >= 15 is 0 Å². The Morgan fingerprint density at radius 3 is 2.67 bits per heavy atom. The summed E-state index contributed by atoms with van der Waals surface area (Å²) in [6, 6.07) is 6.38. The minimum absolute atomic E-state index is 0.146. The Morgan fingerprint density at radius 1 is 1.39 bits per heavy atom. The van der Waals surface area contributed by atoms with Crippen LogP contribution in [0.5, 0.6) is 0 Å². The van der Waals surface area contributed by atoms with Crippen LogP contribution < -0.4 is 10.0 Å². The highest BCUT2D eigenvalue weighted by Crippen LogP contribution is 2.30. The van der Waals surface area contributed by atoms with Crippen molar-refractivity contribution in [3.8, 4) is 0 Å². The Kier molecular flexibility index (Phi) is 2.97. The molecule has 2 rings (SSSR count). The third-order valence-corrected chi connectivity index (χ3v) is 2.78. The summed E-state index contributed by atoms with van der Waals surface area (Å²) in [6.45, 7) is 3.65. The molecule has 5 heteroatoms. The zero-order valence-electron chi connectivity index (χ0n) is 9.46. The average molecular weight is 244 g/mol. The van der Waals surface area contributed by atoms with Gasteiger partial charge in [-0.05, 0) is 12.1 Å². The van der Waals surface area contributed by atoms with Crippen molar-refractivity contribution in [1.29, 1.82) is 0 Å². The fraction of sp³-hybridized carbons (Fsp3) is 0.154. The molecule has 0 saturated heterocycles. The van der Waals surface area contributed by atoms with Crippen LogP contribution in [0.15, 0.2) is 36.9 Å². The number of carbonyl (C=O) groups is 3. The van der Waals surface area contributed by atoms with E-state index in [0.717, 1.165) is 0 Å². The zero-order chi connectivity index (χ0) is 13.3. The lowest BCUT2D eigenvalue weighted by Gasteiger charge is -2.32. The minimum Gasteiger partial charge on any atom is -0.549 e. The monoisotopic (exact) mass is 244 g/mol. The molecule has 0 saturated carbocycles. The molecule has 1 aromatic carbocycles. The van der Waals surface area contributed by atoms with Crippen molar-refractivity contribution in [1.82, 2.24) is 0 Å². The molecule has 0 fully saturated rings. The highest BCUT2D eigenvalue weighted by molar-refractivity contribution is 6.29. The quantitative estimate of drug-likeness (QED) is 0.543. The zero-order valence-corrected chi connectivity index (χ0v) is 9.46. The summed E-state index contributed by atoms with van der Waals surface area (Å²) in [5, 5.41) is 10.9. The van der Waals surface area contributed by atoms with Crippen molar-refractivity contribution in [2.24, 2.45) is 5.92 Å². The van der Waals surface area contributed by atoms with Crippen molar-refractivity contribution >= 4 is 23.3 Å². The van der Waals surface area contributed by atoms with E-state index in [2.05, 4.69) is 6.58 Å². The second-order valence-electron chi connectivity index (χ2n) is 3.87. The summed E-state index contributed by atoms with van der Waals surface area (Å²) >= 11 is 0. The molecule has 1 aliphatic rings. The van der Waals surface area contributed by atoms with Gasteiger partial charge in [-0.3, -0.25) is 9.59 Å². The molecule has 0 radical (unpaired) electrons. The molecule has 1 atom stereocenters. The number of rotatable bonds is 3. The van der Waals surface area contributed by atoms with E-state index in [1.165, 1.54) is 17.0 Å². The minimum atomic E-state index is -1.76. The van der Waals surface area contributed by atoms with E-state index in [1.807, 2.05) is 0 Å². The summed E-state index contributed by atoms with van der Waals surface area (Å²) in [4.78, 5) is 36.0. The SMILES string of the molecule is C=CCN1C(=O)[C@H](C(=O)[O-])C(=O)c2ccccc21. The van der Waals surface area contributed by atoms with Gasteiger partial charge in [0.25, 0.3) is 0 Å². The number of Topliss-reactive ketones (excluding diaryl/α,β-unsaturated/α-hetero) is 1. The Morgan fingerprint density at radius 2 is 2.06 bits per heavy atom. The van der Waals surface area contributed by atoms with E-state index in [0.29, 0.717) is 5.69 Å². The molecule has 0 bridgehead atoms. The van der Waals surface area contributed by atoms with Gasteiger partial charge in [0.1, 0.15) is 5.92 Å². The van der Waals surface area contributed by atoms with Crippen LogP contribution in [0.25, 0.3) is 0 Å². The molecule has 1 aliphatic heterocycles. The number of benzene rings is 1. The largest absolute Gasteiger partial charge is 0.549 e. The maximum absolute atomic E-state index is 12.0. The number of hydrogen-bond acceptors (Lipinski definition) is 4. The van der Waals surface area contributed by atoms with Crippen LogP contribution in [0, 0.1) is 5.92 Å². The van der Waals surface area contributed by atoms with Crippen LogP contribution in [0.3, 0.4) is 0 Å². The highest BCUT2D eigenvalue weighted by Gasteiger charge is 2.39. The topological polar surface area (TPSA) is 77.5 Å². The van der Waals surface area contributed by atoms with Gasteiger partial charge in [-0.25, -0.2) is 0 Å². The van der Waals surface area contributed by atoms with Crippen molar-refractivity contribution in [2.45, 2.75) is 0 Å². The van der Waals surface area contributed by atoms with Crippen LogP contribution in [0.2, 0.25) is 0 Å². The standard InChI is InChI=1S/C13H11NO4/c1-2-7-14-9-6-4-3-5-8(9)11(15)10(12(14)16)13(17)18/h2-6,10H,1,7H2,(H,17,18)/p-1/t10-/m1/s1. The third-order valence-electron chi connectivity index (χ3n) is 2.78. The molecule has 0 N–H and O–H groups in total. The second-order valence-corrected chi connectivity index (χ2v) is 3.87. The van der Waals surface area contributed by atoms with Crippen molar-refractivity contribution < 1.29 is 19.5 Å². The predicted octanol–water partition coefficient (Wildman–Crippen LogP) is -0.232. The molecular weight excluding hydrogens is 234 g/mol. The van der Waals surface area contributed by atoms with Crippen molar-refractivity contribution in [2.75, 3.05) is 11.4 Å². The van der Waals surface area contributed by atoms with Gasteiger partial charge in [0, 0.05) is 12.1 Å². The lowest BCUT2D eigenvalue weighted by Crippen LogP contribution is -2.52. The lowest BCUT2D eigenvalue weighted by molar-refractivity contribution is -0.307. The molecular formula is C13H10NO4-. The molecule has 0 aliphatic carbocycles.